The fraction of sp³-hybridized carbons (Fsp3) is 0.500. The van der Waals surface area contributed by atoms with Gasteiger partial charge in [0.05, 0.1) is 19.3 Å². The number of rotatable bonds is 7. The average molecular weight is 266 g/mol. The number of nitrogens with one attached hydrogen (secondary N) is 1. The van der Waals surface area contributed by atoms with Gasteiger partial charge in [0.25, 0.3) is 0 Å². The molecule has 0 saturated heterocycles. The summed E-state index contributed by atoms with van der Waals surface area (Å²) in [5, 5.41) is 2.76. The van der Waals surface area contributed by atoms with Gasteiger partial charge in [0.1, 0.15) is 11.5 Å². The van der Waals surface area contributed by atoms with Crippen molar-refractivity contribution >= 4 is 5.91 Å². The first-order valence-corrected chi connectivity index (χ1v) is 6.27. The number of methoxy groups -OCH3 is 1. The van der Waals surface area contributed by atoms with Crippen molar-refractivity contribution in [2.24, 2.45) is 5.73 Å². The summed E-state index contributed by atoms with van der Waals surface area (Å²) < 4.78 is 10.7. The molecule has 0 atom stereocenters. The number of ether oxygens (including phenoxy) is 2. The minimum absolute atomic E-state index is 0.158. The lowest BCUT2D eigenvalue weighted by Crippen LogP contribution is -2.49. The summed E-state index contributed by atoms with van der Waals surface area (Å²) in [6.07, 6.45) is 0.721. The highest BCUT2D eigenvalue weighted by molar-refractivity contribution is 5.84. The maximum Gasteiger partial charge on any atom is 0.239 e. The Labute approximate surface area is 114 Å². The summed E-state index contributed by atoms with van der Waals surface area (Å²) in [6.45, 7) is 4.42. The normalized spacial score (nSPS) is 10.9. The second kappa shape index (κ2) is 6.99. The Morgan fingerprint density at radius 1 is 1.37 bits per heavy atom. The highest BCUT2D eigenvalue weighted by atomic mass is 16.5. The van der Waals surface area contributed by atoms with Gasteiger partial charge in [-0.25, -0.2) is 0 Å². The third-order valence-corrected chi connectivity index (χ3v) is 2.50. The number of amides is 1. The molecule has 0 unspecified atom stereocenters. The van der Waals surface area contributed by atoms with Gasteiger partial charge in [0.15, 0.2) is 0 Å². The molecule has 106 valence electrons. The average Bonchev–Trinajstić information content (AvgIpc) is 2.37. The Balaban J connectivity index is 2.22. The first-order valence-electron chi connectivity index (χ1n) is 6.27. The Kier molecular flexibility index (Phi) is 5.63. The Hall–Kier alpha value is -1.75. The molecule has 1 aromatic carbocycles. The minimum Gasteiger partial charge on any atom is -0.497 e. The van der Waals surface area contributed by atoms with Crippen molar-refractivity contribution in [1.29, 1.82) is 0 Å². The first-order chi connectivity index (χ1) is 8.93. The third kappa shape index (κ3) is 5.61. The number of nitrogens with two attached hydrogens (primary N) is 1. The summed E-state index contributed by atoms with van der Waals surface area (Å²) in [6, 6.07) is 7.41. The maximum atomic E-state index is 11.5. The molecule has 5 heteroatoms. The van der Waals surface area contributed by atoms with Gasteiger partial charge >= 0.3 is 0 Å². The second-order valence-electron chi connectivity index (χ2n) is 4.86. The van der Waals surface area contributed by atoms with Crippen LogP contribution in [0.25, 0.3) is 0 Å². The molecule has 0 saturated carbocycles. The van der Waals surface area contributed by atoms with E-state index in [0.717, 1.165) is 17.9 Å². The molecule has 0 fully saturated rings. The molecule has 1 aromatic rings. The fourth-order valence-corrected chi connectivity index (χ4v) is 1.38. The van der Waals surface area contributed by atoms with Crippen LogP contribution in [0, 0.1) is 0 Å². The molecular weight excluding hydrogens is 244 g/mol. The van der Waals surface area contributed by atoms with Crippen LogP contribution in [0.3, 0.4) is 0 Å². The molecule has 0 heterocycles. The van der Waals surface area contributed by atoms with E-state index in [0.29, 0.717) is 13.2 Å². The van der Waals surface area contributed by atoms with E-state index in [2.05, 4.69) is 5.32 Å². The zero-order valence-electron chi connectivity index (χ0n) is 11.7. The van der Waals surface area contributed by atoms with Gasteiger partial charge in [-0.15, -0.1) is 0 Å². The third-order valence-electron chi connectivity index (χ3n) is 2.50. The minimum atomic E-state index is -0.840. The quantitative estimate of drug-likeness (QED) is 0.730. The molecule has 19 heavy (non-hydrogen) atoms. The predicted octanol–water partition coefficient (Wildman–Crippen LogP) is 1.32. The van der Waals surface area contributed by atoms with E-state index in [-0.39, 0.29) is 5.91 Å². The topological polar surface area (TPSA) is 73.6 Å². The highest BCUT2D eigenvalue weighted by Gasteiger charge is 2.20. The molecule has 0 bridgehead atoms. The van der Waals surface area contributed by atoms with Crippen LogP contribution < -0.4 is 20.5 Å². The molecule has 3 N–H and O–H groups in total. The van der Waals surface area contributed by atoms with Gasteiger partial charge < -0.3 is 20.5 Å². The molecular formula is C14H22N2O3. The van der Waals surface area contributed by atoms with Crippen LogP contribution in [-0.4, -0.2) is 31.7 Å². The van der Waals surface area contributed by atoms with Gasteiger partial charge in [-0.1, -0.05) is 6.07 Å². The first kappa shape index (κ1) is 15.3. The Morgan fingerprint density at radius 2 is 2.05 bits per heavy atom. The number of benzene rings is 1. The lowest BCUT2D eigenvalue weighted by Gasteiger charge is -2.17. The van der Waals surface area contributed by atoms with E-state index in [1.807, 2.05) is 24.3 Å². The molecule has 0 aliphatic heterocycles. The number of carbonyl (C=O) groups is 1. The monoisotopic (exact) mass is 266 g/mol. The van der Waals surface area contributed by atoms with E-state index >= 15 is 0 Å². The zero-order chi connectivity index (χ0) is 14.3. The smallest absolute Gasteiger partial charge is 0.239 e. The summed E-state index contributed by atoms with van der Waals surface area (Å²) >= 11 is 0. The van der Waals surface area contributed by atoms with E-state index in [9.17, 15) is 4.79 Å². The lowest BCUT2D eigenvalue weighted by atomic mass is 10.1. The van der Waals surface area contributed by atoms with Crippen molar-refractivity contribution < 1.29 is 14.3 Å². The summed E-state index contributed by atoms with van der Waals surface area (Å²) in [4.78, 5) is 11.5. The lowest BCUT2D eigenvalue weighted by molar-refractivity contribution is -0.125. The molecule has 0 aliphatic carbocycles. The van der Waals surface area contributed by atoms with Crippen molar-refractivity contribution in [3.05, 3.63) is 24.3 Å². The number of carbonyl (C=O) groups excluding carboxylic acids is 1. The molecule has 5 nitrogen and oxygen atoms in total. The van der Waals surface area contributed by atoms with Gasteiger partial charge in [0, 0.05) is 12.6 Å². The summed E-state index contributed by atoms with van der Waals surface area (Å²) in [5.74, 6) is 1.36. The van der Waals surface area contributed by atoms with Crippen LogP contribution in [0.1, 0.15) is 20.3 Å². The summed E-state index contributed by atoms with van der Waals surface area (Å²) in [7, 11) is 1.61. The van der Waals surface area contributed by atoms with Crippen molar-refractivity contribution in [2.45, 2.75) is 25.8 Å². The predicted molar refractivity (Wildman–Crippen MR) is 74.4 cm³/mol. The largest absolute Gasteiger partial charge is 0.497 e. The number of hydrogen-bond donors (Lipinski definition) is 2. The summed E-state index contributed by atoms with van der Waals surface area (Å²) in [5.41, 5.74) is 4.82. The van der Waals surface area contributed by atoms with Gasteiger partial charge in [-0.2, -0.15) is 0 Å². The maximum absolute atomic E-state index is 11.5. The zero-order valence-corrected chi connectivity index (χ0v) is 11.7. The Bertz CT molecular complexity index is 413. The van der Waals surface area contributed by atoms with Crippen LogP contribution in [-0.2, 0) is 4.79 Å². The van der Waals surface area contributed by atoms with Gasteiger partial charge in [0.2, 0.25) is 5.91 Å². The second-order valence-corrected chi connectivity index (χ2v) is 4.86. The number of hydrogen-bond acceptors (Lipinski definition) is 4. The van der Waals surface area contributed by atoms with Crippen LogP contribution >= 0.6 is 0 Å². The Morgan fingerprint density at radius 3 is 2.68 bits per heavy atom. The molecule has 1 rings (SSSR count). The fourth-order valence-electron chi connectivity index (χ4n) is 1.38. The molecule has 1 amide bonds. The molecule has 0 aromatic heterocycles. The van der Waals surface area contributed by atoms with Crippen molar-refractivity contribution in [2.75, 3.05) is 20.3 Å². The standard InChI is InChI=1S/C14H22N2O3/c1-14(2,15)13(17)16-8-5-9-19-12-7-4-6-11(10-12)18-3/h4,6-7,10H,5,8-9,15H2,1-3H3,(H,16,17). The van der Waals surface area contributed by atoms with E-state index < -0.39 is 5.54 Å². The van der Waals surface area contributed by atoms with Crippen molar-refractivity contribution in [1.82, 2.24) is 5.32 Å². The van der Waals surface area contributed by atoms with Crippen LogP contribution in [0.2, 0.25) is 0 Å². The van der Waals surface area contributed by atoms with Crippen molar-refractivity contribution in [3.8, 4) is 11.5 Å². The molecule has 0 radical (unpaired) electrons. The van der Waals surface area contributed by atoms with E-state index in [4.69, 9.17) is 15.2 Å². The SMILES string of the molecule is COc1cccc(OCCCNC(=O)C(C)(C)N)c1. The van der Waals surface area contributed by atoms with Crippen LogP contribution in [0.4, 0.5) is 0 Å². The van der Waals surface area contributed by atoms with Crippen LogP contribution in [0.15, 0.2) is 24.3 Å². The van der Waals surface area contributed by atoms with Gasteiger partial charge in [-0.05, 0) is 32.4 Å². The van der Waals surface area contributed by atoms with E-state index in [1.165, 1.54) is 0 Å². The molecule has 0 spiro atoms. The highest BCUT2D eigenvalue weighted by Crippen LogP contribution is 2.18. The van der Waals surface area contributed by atoms with Gasteiger partial charge in [-0.3, -0.25) is 4.79 Å². The van der Waals surface area contributed by atoms with Crippen molar-refractivity contribution in [3.63, 3.8) is 0 Å². The van der Waals surface area contributed by atoms with E-state index in [1.54, 1.807) is 21.0 Å². The molecule has 0 aliphatic rings. The van der Waals surface area contributed by atoms with Crippen LogP contribution in [0.5, 0.6) is 11.5 Å².